The molecular weight excluding hydrogens is 322 g/mol. The van der Waals surface area contributed by atoms with E-state index in [2.05, 4.69) is 29.8 Å². The van der Waals surface area contributed by atoms with E-state index in [0.717, 1.165) is 16.6 Å². The van der Waals surface area contributed by atoms with Crippen LogP contribution in [0.4, 0.5) is 0 Å². The third kappa shape index (κ3) is 2.92. The quantitative estimate of drug-likeness (QED) is 0.830. The van der Waals surface area contributed by atoms with E-state index in [4.69, 9.17) is 0 Å². The summed E-state index contributed by atoms with van der Waals surface area (Å²) in [4.78, 5) is 0. The Labute approximate surface area is 115 Å². The molecule has 17 heavy (non-hydrogen) atoms. The fourth-order valence-electron chi connectivity index (χ4n) is 1.90. The number of halogens is 1. The molecule has 0 bridgehead atoms. The van der Waals surface area contributed by atoms with Crippen molar-refractivity contribution in [1.29, 1.82) is 0 Å². The second-order valence-corrected chi connectivity index (χ2v) is 9.75. The molecule has 0 saturated carbocycles. The Morgan fingerprint density at radius 1 is 1.29 bits per heavy atom. The van der Waals surface area contributed by atoms with Gasteiger partial charge in [-0.15, -0.1) is 11.3 Å². The number of nitrogens with zero attached hydrogens (tertiary/aromatic N) is 1. The first-order valence-electron chi connectivity index (χ1n) is 5.57. The fourth-order valence-corrected chi connectivity index (χ4v) is 5.50. The summed E-state index contributed by atoms with van der Waals surface area (Å²) < 4.78 is 27.6. The number of sulfonamides is 1. The van der Waals surface area contributed by atoms with Crippen LogP contribution in [0.3, 0.4) is 0 Å². The van der Waals surface area contributed by atoms with Crippen molar-refractivity contribution in [3.8, 4) is 0 Å². The topological polar surface area (TPSA) is 37.4 Å². The van der Waals surface area contributed by atoms with E-state index in [0.29, 0.717) is 17.3 Å². The van der Waals surface area contributed by atoms with Crippen LogP contribution in [0.15, 0.2) is 20.1 Å². The Morgan fingerprint density at radius 3 is 2.35 bits per heavy atom. The third-order valence-corrected chi connectivity index (χ3v) is 7.21. The van der Waals surface area contributed by atoms with Crippen molar-refractivity contribution in [2.24, 2.45) is 5.41 Å². The smallest absolute Gasteiger partial charge is 0.206 e. The van der Waals surface area contributed by atoms with Crippen LogP contribution in [0.2, 0.25) is 0 Å². The maximum Gasteiger partial charge on any atom is 0.252 e. The molecule has 0 unspecified atom stereocenters. The molecule has 96 valence electrons. The zero-order valence-electron chi connectivity index (χ0n) is 9.94. The maximum absolute atomic E-state index is 12.3. The summed E-state index contributed by atoms with van der Waals surface area (Å²) >= 11 is 4.58. The molecule has 0 aromatic carbocycles. The zero-order valence-corrected chi connectivity index (χ0v) is 13.2. The molecule has 0 radical (unpaired) electrons. The summed E-state index contributed by atoms with van der Waals surface area (Å²) in [6.07, 6.45) is 1.86. The lowest BCUT2D eigenvalue weighted by molar-refractivity contribution is 0.196. The standard InChI is InChI=1S/C11H16BrNO2S2/c1-11(2)5-7-13(8-6-11)17(14,15)10-4-3-9(12)16-10/h3-4H,5-8H2,1-2H3. The molecule has 0 amide bonds. The molecule has 1 saturated heterocycles. The minimum atomic E-state index is -3.27. The van der Waals surface area contributed by atoms with Gasteiger partial charge in [0.2, 0.25) is 0 Å². The molecular formula is C11H16BrNO2S2. The van der Waals surface area contributed by atoms with Gasteiger partial charge >= 0.3 is 0 Å². The van der Waals surface area contributed by atoms with Crippen LogP contribution in [0, 0.1) is 5.41 Å². The Morgan fingerprint density at radius 2 is 1.88 bits per heavy atom. The summed E-state index contributed by atoms with van der Waals surface area (Å²) in [5.74, 6) is 0. The van der Waals surface area contributed by atoms with E-state index >= 15 is 0 Å². The molecule has 0 spiro atoms. The summed E-state index contributed by atoms with van der Waals surface area (Å²) in [5, 5.41) is 0. The number of hydrogen-bond acceptors (Lipinski definition) is 3. The molecule has 0 atom stereocenters. The predicted molar refractivity (Wildman–Crippen MR) is 73.8 cm³/mol. The summed E-state index contributed by atoms with van der Waals surface area (Å²) in [7, 11) is -3.27. The van der Waals surface area contributed by atoms with Crippen molar-refractivity contribution in [3.63, 3.8) is 0 Å². The zero-order chi connectivity index (χ0) is 12.7. The van der Waals surface area contributed by atoms with Crippen molar-refractivity contribution in [2.45, 2.75) is 30.9 Å². The van der Waals surface area contributed by atoms with Crippen LogP contribution in [0.1, 0.15) is 26.7 Å². The lowest BCUT2D eigenvalue weighted by Gasteiger charge is -2.35. The first kappa shape index (κ1) is 13.5. The average Bonchev–Trinajstić information content (AvgIpc) is 2.65. The Bertz CT molecular complexity index is 497. The molecule has 0 N–H and O–H groups in total. The minimum Gasteiger partial charge on any atom is -0.206 e. The van der Waals surface area contributed by atoms with Crippen LogP contribution >= 0.6 is 27.3 Å². The largest absolute Gasteiger partial charge is 0.252 e. The van der Waals surface area contributed by atoms with Gasteiger partial charge in [0.15, 0.2) is 0 Å². The van der Waals surface area contributed by atoms with Crippen molar-refractivity contribution in [3.05, 3.63) is 15.9 Å². The van der Waals surface area contributed by atoms with Gasteiger partial charge in [-0.3, -0.25) is 0 Å². The number of piperidine rings is 1. The second kappa shape index (κ2) is 4.64. The molecule has 1 aromatic heterocycles. The van der Waals surface area contributed by atoms with Crippen LogP contribution in [-0.2, 0) is 10.0 Å². The predicted octanol–water partition coefficient (Wildman–Crippen LogP) is 3.32. The second-order valence-electron chi connectivity index (χ2n) is 5.13. The molecule has 1 fully saturated rings. The highest BCUT2D eigenvalue weighted by atomic mass is 79.9. The highest BCUT2D eigenvalue weighted by molar-refractivity contribution is 9.11. The number of hydrogen-bond donors (Lipinski definition) is 0. The molecule has 1 aliphatic rings. The molecule has 1 aliphatic heterocycles. The molecule has 6 heteroatoms. The normalized spacial score (nSPS) is 21.6. The van der Waals surface area contributed by atoms with Crippen molar-refractivity contribution in [2.75, 3.05) is 13.1 Å². The van der Waals surface area contributed by atoms with Crippen LogP contribution in [0.25, 0.3) is 0 Å². The highest BCUT2D eigenvalue weighted by Gasteiger charge is 2.33. The summed E-state index contributed by atoms with van der Waals surface area (Å²) in [6.45, 7) is 5.65. The van der Waals surface area contributed by atoms with Gasteiger partial charge in [0.1, 0.15) is 4.21 Å². The van der Waals surface area contributed by atoms with Crippen molar-refractivity contribution < 1.29 is 8.42 Å². The van der Waals surface area contributed by atoms with E-state index in [9.17, 15) is 8.42 Å². The molecule has 1 aromatic rings. The lowest BCUT2D eigenvalue weighted by atomic mass is 9.83. The Hall–Kier alpha value is 0.0900. The van der Waals surface area contributed by atoms with E-state index in [1.54, 1.807) is 16.4 Å². The first-order chi connectivity index (χ1) is 7.81. The molecule has 3 nitrogen and oxygen atoms in total. The van der Waals surface area contributed by atoms with Gasteiger partial charge in [-0.05, 0) is 46.3 Å². The van der Waals surface area contributed by atoms with E-state index < -0.39 is 10.0 Å². The van der Waals surface area contributed by atoms with Crippen LogP contribution < -0.4 is 0 Å². The van der Waals surface area contributed by atoms with Crippen LogP contribution in [-0.4, -0.2) is 25.8 Å². The van der Waals surface area contributed by atoms with Gasteiger partial charge < -0.3 is 0 Å². The molecule has 2 rings (SSSR count). The van der Waals surface area contributed by atoms with E-state index in [-0.39, 0.29) is 5.41 Å². The van der Waals surface area contributed by atoms with Gasteiger partial charge in [0.05, 0.1) is 3.79 Å². The minimum absolute atomic E-state index is 0.266. The van der Waals surface area contributed by atoms with Gasteiger partial charge in [0, 0.05) is 13.1 Å². The van der Waals surface area contributed by atoms with Gasteiger partial charge in [-0.2, -0.15) is 4.31 Å². The highest BCUT2D eigenvalue weighted by Crippen LogP contribution is 2.34. The van der Waals surface area contributed by atoms with E-state index in [1.807, 2.05) is 0 Å². The first-order valence-corrected chi connectivity index (χ1v) is 8.62. The summed E-state index contributed by atoms with van der Waals surface area (Å²) in [6, 6.07) is 3.45. The maximum atomic E-state index is 12.3. The van der Waals surface area contributed by atoms with Crippen molar-refractivity contribution >= 4 is 37.3 Å². The molecule has 0 aliphatic carbocycles. The van der Waals surface area contributed by atoms with Crippen molar-refractivity contribution in [1.82, 2.24) is 4.31 Å². The van der Waals surface area contributed by atoms with E-state index in [1.165, 1.54) is 11.3 Å². The summed E-state index contributed by atoms with van der Waals surface area (Å²) in [5.41, 5.74) is 0.266. The van der Waals surface area contributed by atoms with Crippen LogP contribution in [0.5, 0.6) is 0 Å². The Balaban J connectivity index is 2.18. The Kier molecular flexibility index (Phi) is 3.69. The molecule has 2 heterocycles. The number of rotatable bonds is 2. The van der Waals surface area contributed by atoms with Gasteiger partial charge in [-0.1, -0.05) is 13.8 Å². The lowest BCUT2D eigenvalue weighted by Crippen LogP contribution is -2.40. The average molecular weight is 338 g/mol. The number of thiophene rings is 1. The van der Waals surface area contributed by atoms with Gasteiger partial charge in [0.25, 0.3) is 10.0 Å². The van der Waals surface area contributed by atoms with Gasteiger partial charge in [-0.25, -0.2) is 8.42 Å². The fraction of sp³-hybridized carbons (Fsp3) is 0.636. The monoisotopic (exact) mass is 337 g/mol. The SMILES string of the molecule is CC1(C)CCN(S(=O)(=O)c2ccc(Br)s2)CC1. The third-order valence-electron chi connectivity index (χ3n) is 3.22.